The van der Waals surface area contributed by atoms with Crippen LogP contribution in [-0.4, -0.2) is 58.1 Å². The molecule has 2 aliphatic rings. The van der Waals surface area contributed by atoms with Gasteiger partial charge in [-0.3, -0.25) is 9.69 Å². The van der Waals surface area contributed by atoms with Crippen molar-refractivity contribution >= 4 is 27.7 Å². The number of methoxy groups -OCH3 is 1. The lowest BCUT2D eigenvalue weighted by Gasteiger charge is -2.30. The number of nitrogens with zero attached hydrogens (tertiary/aromatic N) is 4. The van der Waals surface area contributed by atoms with Crippen LogP contribution in [0.1, 0.15) is 29.0 Å². The Kier molecular flexibility index (Phi) is 5.10. The number of carbonyl (C=O) groups is 1. The summed E-state index contributed by atoms with van der Waals surface area (Å²) in [6.07, 6.45) is 2.15. The predicted octanol–water partition coefficient (Wildman–Crippen LogP) is 4.36. The Morgan fingerprint density at radius 1 is 0.848 bits per heavy atom. The number of ether oxygens (including phenoxy) is 1. The van der Waals surface area contributed by atoms with Gasteiger partial charge in [-0.1, -0.05) is 30.3 Å². The summed E-state index contributed by atoms with van der Waals surface area (Å²) in [5, 5.41) is 2.41. The van der Waals surface area contributed by atoms with E-state index in [0.29, 0.717) is 0 Å². The van der Waals surface area contributed by atoms with Crippen LogP contribution in [-0.2, 0) is 19.6 Å². The summed E-state index contributed by atoms with van der Waals surface area (Å²) in [4.78, 5) is 17.6. The first-order valence-electron chi connectivity index (χ1n) is 12.0. The van der Waals surface area contributed by atoms with E-state index in [9.17, 15) is 4.79 Å². The van der Waals surface area contributed by atoms with Gasteiger partial charge in [0.2, 0.25) is 0 Å². The fraction of sp³-hybridized carbons (Fsp3) is 0.370. The molecule has 0 unspecified atom stereocenters. The van der Waals surface area contributed by atoms with Gasteiger partial charge in [-0.2, -0.15) is 0 Å². The van der Waals surface area contributed by atoms with E-state index < -0.39 is 0 Å². The fourth-order valence-corrected chi connectivity index (χ4v) is 5.60. The van der Waals surface area contributed by atoms with E-state index in [1.165, 1.54) is 22.1 Å². The lowest BCUT2D eigenvalue weighted by Crippen LogP contribution is -2.40. The highest BCUT2D eigenvalue weighted by Gasteiger charge is 2.26. The Balaban J connectivity index is 1.05. The first-order valence-corrected chi connectivity index (χ1v) is 12.0. The monoisotopic (exact) mass is 442 g/mol. The van der Waals surface area contributed by atoms with Gasteiger partial charge in [0.15, 0.2) is 0 Å². The lowest BCUT2D eigenvalue weighted by molar-refractivity contribution is 0.0701. The van der Waals surface area contributed by atoms with Gasteiger partial charge in [-0.25, -0.2) is 0 Å². The van der Waals surface area contributed by atoms with Crippen molar-refractivity contribution in [2.45, 2.75) is 32.5 Å². The van der Waals surface area contributed by atoms with Crippen LogP contribution in [0, 0.1) is 0 Å². The van der Waals surface area contributed by atoms with Crippen LogP contribution in [0.3, 0.4) is 0 Å². The minimum Gasteiger partial charge on any atom is -0.495 e. The Hall–Kier alpha value is -3.25. The Morgan fingerprint density at radius 2 is 1.67 bits per heavy atom. The number of hydrogen-bond acceptors (Lipinski definition) is 3. The first kappa shape index (κ1) is 20.4. The topological polar surface area (TPSA) is 42.6 Å². The minimum absolute atomic E-state index is 0.175. The molecule has 0 fully saturated rings. The van der Waals surface area contributed by atoms with Gasteiger partial charge in [-0.15, -0.1) is 0 Å². The molecule has 6 nitrogen and oxygen atoms in total. The lowest BCUT2D eigenvalue weighted by atomic mass is 10.2. The van der Waals surface area contributed by atoms with Crippen molar-refractivity contribution in [3.63, 3.8) is 0 Å². The van der Waals surface area contributed by atoms with Crippen LogP contribution in [0.4, 0.5) is 0 Å². The third-order valence-corrected chi connectivity index (χ3v) is 7.28. The van der Waals surface area contributed by atoms with Crippen LogP contribution in [0.2, 0.25) is 0 Å². The summed E-state index contributed by atoms with van der Waals surface area (Å²) in [5.41, 5.74) is 4.58. The zero-order valence-electron chi connectivity index (χ0n) is 19.2. The third-order valence-electron chi connectivity index (χ3n) is 7.28. The molecule has 2 aliphatic heterocycles. The standard InChI is InChI=1S/C27H30N4O2/c1-33-25-10-6-8-21-17-22-19-28(13-15-30(22)26(21)25)11-4-5-12-29-14-16-31-23-9-3-2-7-20(23)18-24(31)27(29)32/h2-3,6-10,17-18H,4-5,11-16,19H2,1H3. The maximum absolute atomic E-state index is 13.0. The van der Waals surface area contributed by atoms with Crippen LogP contribution in [0.5, 0.6) is 5.75 Å². The van der Waals surface area contributed by atoms with Crippen LogP contribution in [0.25, 0.3) is 21.8 Å². The molecule has 0 spiro atoms. The largest absolute Gasteiger partial charge is 0.495 e. The van der Waals surface area contributed by atoms with Crippen molar-refractivity contribution < 1.29 is 9.53 Å². The Morgan fingerprint density at radius 3 is 2.58 bits per heavy atom. The van der Waals surface area contributed by atoms with Crippen molar-refractivity contribution in [3.8, 4) is 5.75 Å². The summed E-state index contributed by atoms with van der Waals surface area (Å²) >= 11 is 0. The quantitative estimate of drug-likeness (QED) is 0.417. The molecule has 0 radical (unpaired) electrons. The highest BCUT2D eigenvalue weighted by molar-refractivity contribution is 5.99. The molecule has 4 aromatic rings. The number of unbranched alkanes of at least 4 members (excludes halogenated alkanes) is 1. The SMILES string of the molecule is COc1cccc2cc3n(c12)CCN(CCCCN1CCn2c(cc4ccccc42)C1=O)C3. The number of benzene rings is 2. The zero-order chi connectivity index (χ0) is 22.4. The van der Waals surface area contributed by atoms with Crippen molar-refractivity contribution in [1.29, 1.82) is 0 Å². The molecule has 0 aliphatic carbocycles. The van der Waals surface area contributed by atoms with E-state index in [0.717, 1.165) is 75.5 Å². The van der Waals surface area contributed by atoms with E-state index in [1.54, 1.807) is 7.11 Å². The molecular weight excluding hydrogens is 412 g/mol. The first-order chi connectivity index (χ1) is 16.2. The number of hydrogen-bond donors (Lipinski definition) is 0. The van der Waals surface area contributed by atoms with E-state index in [4.69, 9.17) is 4.74 Å². The normalized spacial score (nSPS) is 16.4. The zero-order valence-corrected chi connectivity index (χ0v) is 19.2. The maximum Gasteiger partial charge on any atom is 0.270 e. The highest BCUT2D eigenvalue weighted by atomic mass is 16.5. The fourth-order valence-electron chi connectivity index (χ4n) is 5.60. The highest BCUT2D eigenvalue weighted by Crippen LogP contribution is 2.31. The molecule has 2 aromatic heterocycles. The smallest absolute Gasteiger partial charge is 0.270 e. The van der Waals surface area contributed by atoms with Gasteiger partial charge in [0.05, 0.1) is 12.6 Å². The van der Waals surface area contributed by atoms with Crippen LogP contribution < -0.4 is 4.74 Å². The van der Waals surface area contributed by atoms with Gasteiger partial charge >= 0.3 is 0 Å². The van der Waals surface area contributed by atoms with Crippen LogP contribution in [0.15, 0.2) is 54.6 Å². The van der Waals surface area contributed by atoms with Gasteiger partial charge in [0, 0.05) is 61.3 Å². The predicted molar refractivity (Wildman–Crippen MR) is 131 cm³/mol. The molecule has 0 saturated heterocycles. The van der Waals surface area contributed by atoms with Crippen molar-refractivity contribution in [3.05, 3.63) is 66.0 Å². The molecule has 6 rings (SSSR count). The average Bonchev–Trinajstić information content (AvgIpc) is 3.41. The second-order valence-electron chi connectivity index (χ2n) is 9.20. The molecule has 0 N–H and O–H groups in total. The van der Waals surface area contributed by atoms with E-state index in [2.05, 4.69) is 44.4 Å². The molecular formula is C27H30N4O2. The molecule has 2 aromatic carbocycles. The summed E-state index contributed by atoms with van der Waals surface area (Å²) in [7, 11) is 1.75. The number of para-hydroxylation sites is 2. The van der Waals surface area contributed by atoms with Crippen molar-refractivity contribution in [2.75, 3.05) is 33.3 Å². The van der Waals surface area contributed by atoms with Crippen LogP contribution >= 0.6 is 0 Å². The molecule has 0 saturated carbocycles. The van der Waals surface area contributed by atoms with Gasteiger partial charge in [0.25, 0.3) is 5.91 Å². The molecule has 6 heteroatoms. The van der Waals surface area contributed by atoms with Gasteiger partial charge in [0.1, 0.15) is 11.4 Å². The number of rotatable bonds is 6. The summed E-state index contributed by atoms with van der Waals surface area (Å²) in [5.74, 6) is 1.13. The summed E-state index contributed by atoms with van der Waals surface area (Å²) in [6, 6.07) is 18.9. The second kappa shape index (κ2) is 8.27. The molecule has 33 heavy (non-hydrogen) atoms. The number of carbonyl (C=O) groups excluding carboxylic acids is 1. The van der Waals surface area contributed by atoms with Crippen molar-refractivity contribution in [1.82, 2.24) is 18.9 Å². The van der Waals surface area contributed by atoms with E-state index in [-0.39, 0.29) is 5.91 Å². The second-order valence-corrected chi connectivity index (χ2v) is 9.20. The minimum atomic E-state index is 0.175. The number of fused-ring (bicyclic) bond motifs is 6. The van der Waals surface area contributed by atoms with E-state index >= 15 is 0 Å². The molecule has 4 heterocycles. The number of aromatic nitrogens is 2. The summed E-state index contributed by atoms with van der Waals surface area (Å²) < 4.78 is 10.2. The Labute approximate surface area is 193 Å². The molecule has 0 bridgehead atoms. The molecule has 170 valence electrons. The molecule has 1 amide bonds. The average molecular weight is 443 g/mol. The third kappa shape index (κ3) is 3.49. The number of amides is 1. The maximum atomic E-state index is 13.0. The van der Waals surface area contributed by atoms with Crippen molar-refractivity contribution in [2.24, 2.45) is 0 Å². The van der Waals surface area contributed by atoms with Gasteiger partial charge < -0.3 is 18.8 Å². The Bertz CT molecular complexity index is 1330. The van der Waals surface area contributed by atoms with Gasteiger partial charge in [-0.05, 0) is 43.7 Å². The summed E-state index contributed by atoms with van der Waals surface area (Å²) in [6.45, 7) is 6.62. The molecule has 0 atom stereocenters. The van der Waals surface area contributed by atoms with E-state index in [1.807, 2.05) is 29.2 Å².